The van der Waals surface area contributed by atoms with E-state index in [1.54, 1.807) is 22.9 Å². The average Bonchev–Trinajstić information content (AvgIpc) is 3.17. The number of anilines is 1. The fourth-order valence-corrected chi connectivity index (χ4v) is 4.12. The highest BCUT2D eigenvalue weighted by atomic mass is 16.5. The summed E-state index contributed by atoms with van der Waals surface area (Å²) in [4.78, 5) is 29.2. The minimum absolute atomic E-state index is 0.0404. The van der Waals surface area contributed by atoms with Crippen LogP contribution in [-0.2, 0) is 12.8 Å². The van der Waals surface area contributed by atoms with Crippen molar-refractivity contribution in [3.63, 3.8) is 0 Å². The second-order valence-electron chi connectivity index (χ2n) is 8.12. The predicted octanol–water partition coefficient (Wildman–Crippen LogP) is 3.76. The molecule has 3 N–H and O–H groups in total. The summed E-state index contributed by atoms with van der Waals surface area (Å²) in [6, 6.07) is 26.5. The van der Waals surface area contributed by atoms with Crippen molar-refractivity contribution in [2.24, 2.45) is 5.73 Å². The first-order chi connectivity index (χ1) is 16.6. The average molecular weight is 452 g/mol. The number of hydrogen-bond donors (Lipinski definition) is 2. The van der Waals surface area contributed by atoms with Crippen LogP contribution in [-0.4, -0.2) is 23.0 Å². The van der Waals surface area contributed by atoms with E-state index in [0.717, 1.165) is 28.1 Å². The van der Waals surface area contributed by atoms with E-state index in [9.17, 15) is 9.59 Å². The van der Waals surface area contributed by atoms with E-state index in [1.165, 1.54) is 0 Å². The van der Waals surface area contributed by atoms with E-state index >= 15 is 0 Å². The number of rotatable bonds is 6. The zero-order valence-electron chi connectivity index (χ0n) is 18.3. The van der Waals surface area contributed by atoms with E-state index in [-0.39, 0.29) is 5.91 Å². The number of ether oxygens (including phenoxy) is 1. The summed E-state index contributed by atoms with van der Waals surface area (Å²) in [5.41, 5.74) is 9.62. The van der Waals surface area contributed by atoms with Gasteiger partial charge < -0.3 is 10.5 Å². The molecule has 0 radical (unpaired) electrons. The Morgan fingerprint density at radius 3 is 2.29 bits per heavy atom. The summed E-state index contributed by atoms with van der Waals surface area (Å²) in [7, 11) is 0. The monoisotopic (exact) mass is 451 g/mol. The molecule has 0 fully saturated rings. The van der Waals surface area contributed by atoms with Gasteiger partial charge in [0.25, 0.3) is 0 Å². The topological polar surface area (TPSA) is 98.2 Å². The van der Waals surface area contributed by atoms with Crippen molar-refractivity contribution in [2.75, 3.05) is 5.32 Å². The summed E-state index contributed by atoms with van der Waals surface area (Å²) < 4.78 is 6.57. The van der Waals surface area contributed by atoms with Gasteiger partial charge in [-0.05, 0) is 23.3 Å². The Balaban J connectivity index is 1.46. The molecule has 1 unspecified atom stereocenters. The third-order valence-corrected chi connectivity index (χ3v) is 5.73. The quantitative estimate of drug-likeness (QED) is 0.435. The fraction of sp³-hybridized carbons (Fsp3) is 0.111. The molecule has 1 atom stereocenters. The number of hydrogen-bond acceptors (Lipinski definition) is 5. The summed E-state index contributed by atoms with van der Waals surface area (Å²) in [5.74, 6) is 1.04. The van der Waals surface area contributed by atoms with Crippen LogP contribution in [0.15, 0.2) is 91.1 Å². The molecule has 0 saturated carbocycles. The van der Waals surface area contributed by atoms with Crippen molar-refractivity contribution in [3.05, 3.63) is 108 Å². The summed E-state index contributed by atoms with van der Waals surface area (Å²) in [6.07, 6.45) is 2.02. The zero-order valence-corrected chi connectivity index (χ0v) is 18.3. The molecule has 1 aliphatic rings. The number of carbonyl (C=O) groups excluding carboxylic acids is 2. The standard InChI is InChI=1S/C27H22N4O3/c28-27(33)34-21-13-11-19(12-14-21)16-23-26(32)31-17-24(20-9-5-2-6-10-20)29-22(25(31)30-23)15-18-7-3-1-4-8-18/h1-14,17,23H,15-16H2,(H2,28,33)/p+1. The lowest BCUT2D eigenvalue weighted by molar-refractivity contribution is -0.552. The van der Waals surface area contributed by atoms with Gasteiger partial charge in [-0.25, -0.2) is 14.6 Å². The van der Waals surface area contributed by atoms with Gasteiger partial charge >= 0.3 is 17.8 Å². The van der Waals surface area contributed by atoms with Crippen molar-refractivity contribution in [1.29, 1.82) is 0 Å². The molecule has 7 nitrogen and oxygen atoms in total. The molecule has 4 aromatic rings. The number of carbonyl (C=O) groups is 2. The molecule has 3 aromatic carbocycles. The van der Waals surface area contributed by atoms with Gasteiger partial charge in [0.2, 0.25) is 0 Å². The molecule has 34 heavy (non-hydrogen) atoms. The molecule has 2 heterocycles. The smallest absolute Gasteiger partial charge is 0.409 e. The van der Waals surface area contributed by atoms with Crippen molar-refractivity contribution in [2.45, 2.75) is 18.9 Å². The summed E-state index contributed by atoms with van der Waals surface area (Å²) in [5, 5.41) is 3.39. The lowest BCUT2D eigenvalue weighted by atomic mass is 10.1. The Morgan fingerprint density at radius 2 is 1.62 bits per heavy atom. The fourth-order valence-electron chi connectivity index (χ4n) is 4.12. The lowest BCUT2D eigenvalue weighted by Crippen LogP contribution is -2.44. The molecular weight excluding hydrogens is 428 g/mol. The Bertz CT molecular complexity index is 1340. The van der Waals surface area contributed by atoms with Crippen molar-refractivity contribution >= 4 is 17.8 Å². The highest BCUT2D eigenvalue weighted by Crippen LogP contribution is 2.25. The molecule has 1 amide bonds. The molecule has 168 valence electrons. The molecule has 1 aromatic heterocycles. The number of nitrogens with two attached hydrogens (primary N) is 1. The molecule has 7 heteroatoms. The van der Waals surface area contributed by atoms with Crippen molar-refractivity contribution < 1.29 is 18.9 Å². The van der Waals surface area contributed by atoms with Crippen molar-refractivity contribution in [3.8, 4) is 17.0 Å². The van der Waals surface area contributed by atoms with Crippen LogP contribution >= 0.6 is 0 Å². The maximum atomic E-state index is 13.4. The molecule has 5 rings (SSSR count). The van der Waals surface area contributed by atoms with E-state index in [1.807, 2.05) is 60.7 Å². The molecule has 0 saturated heterocycles. The highest BCUT2D eigenvalue weighted by Gasteiger charge is 2.41. The van der Waals surface area contributed by atoms with Crippen molar-refractivity contribution in [1.82, 2.24) is 4.98 Å². The Hall–Kier alpha value is -4.52. The van der Waals surface area contributed by atoms with Gasteiger partial charge in [-0.2, -0.15) is 4.57 Å². The van der Waals surface area contributed by atoms with E-state index in [0.29, 0.717) is 24.4 Å². The number of amides is 1. The largest absolute Gasteiger partial charge is 0.411 e. The lowest BCUT2D eigenvalue weighted by Gasteiger charge is -2.07. The normalized spacial score (nSPS) is 14.4. The first-order valence-corrected chi connectivity index (χ1v) is 11.0. The molecule has 0 aliphatic carbocycles. The van der Waals surface area contributed by atoms with E-state index < -0.39 is 12.1 Å². The third-order valence-electron chi connectivity index (χ3n) is 5.73. The maximum absolute atomic E-state index is 13.4. The van der Waals surface area contributed by atoms with Gasteiger partial charge in [0.15, 0.2) is 6.04 Å². The van der Waals surface area contributed by atoms with Crippen LogP contribution in [0.25, 0.3) is 11.3 Å². The number of nitrogens with one attached hydrogen (secondary N) is 1. The van der Waals surface area contributed by atoms with Crippen LogP contribution in [0.5, 0.6) is 5.75 Å². The van der Waals surface area contributed by atoms with E-state index in [4.69, 9.17) is 15.5 Å². The molecule has 0 spiro atoms. The van der Waals surface area contributed by atoms with Crippen LogP contribution in [0.2, 0.25) is 0 Å². The predicted molar refractivity (Wildman–Crippen MR) is 128 cm³/mol. The molecular formula is C27H23N4O3+. The number of aromatic nitrogens is 2. The van der Waals surface area contributed by atoms with Crippen LogP contribution < -0.4 is 20.4 Å². The second-order valence-corrected chi connectivity index (χ2v) is 8.12. The van der Waals surface area contributed by atoms with Crippen LogP contribution in [0.3, 0.4) is 0 Å². The van der Waals surface area contributed by atoms with Gasteiger partial charge in [0, 0.05) is 18.4 Å². The number of fused-ring (bicyclic) bond motifs is 1. The first kappa shape index (κ1) is 21.3. The Morgan fingerprint density at radius 1 is 0.941 bits per heavy atom. The minimum atomic E-state index is -0.861. The molecule has 0 bridgehead atoms. The number of nitrogens with zero attached hydrogens (tertiary/aromatic N) is 2. The highest BCUT2D eigenvalue weighted by molar-refractivity contribution is 5.82. The Labute approximate surface area is 196 Å². The summed E-state index contributed by atoms with van der Waals surface area (Å²) in [6.45, 7) is 0. The number of benzene rings is 3. The van der Waals surface area contributed by atoms with Gasteiger partial charge in [0.05, 0.1) is 0 Å². The zero-order chi connectivity index (χ0) is 23.5. The Kier molecular flexibility index (Phi) is 5.74. The SMILES string of the molecule is NC(=O)Oc1ccc(CC2Nc3c(Cc4ccccc4)nc(-c4ccccc4)c[n+]3C2=O)cc1. The number of primary amides is 1. The second kappa shape index (κ2) is 9.15. The van der Waals surface area contributed by atoms with Gasteiger partial charge in [-0.1, -0.05) is 72.8 Å². The van der Waals surface area contributed by atoms with Crippen LogP contribution in [0, 0.1) is 0 Å². The van der Waals surface area contributed by atoms with Crippen LogP contribution in [0.4, 0.5) is 10.6 Å². The van der Waals surface area contributed by atoms with E-state index in [2.05, 4.69) is 17.4 Å². The third kappa shape index (κ3) is 4.49. The summed E-state index contributed by atoms with van der Waals surface area (Å²) >= 11 is 0. The van der Waals surface area contributed by atoms with Gasteiger partial charge in [-0.3, -0.25) is 5.32 Å². The first-order valence-electron chi connectivity index (χ1n) is 11.0. The molecule has 1 aliphatic heterocycles. The van der Waals surface area contributed by atoms with Crippen LogP contribution in [0.1, 0.15) is 21.6 Å². The minimum Gasteiger partial charge on any atom is -0.411 e. The van der Waals surface area contributed by atoms with Gasteiger partial charge in [-0.15, -0.1) is 0 Å². The maximum Gasteiger partial charge on any atom is 0.409 e. The van der Waals surface area contributed by atoms with Gasteiger partial charge in [0.1, 0.15) is 23.3 Å².